The third-order valence-electron chi connectivity index (χ3n) is 4.85. The van der Waals surface area contributed by atoms with Gasteiger partial charge in [-0.05, 0) is 49.9 Å². The standard InChI is InChI=1S/C20H20FN5O2/c21-12-3-8-16-17(10-12)24-11-18(26-16)25-13-4-6-14(7-5-13)28-20-15(19(22)27)2-1-9-23-20/h1-3,8-11,13-14H,4-7H2,(H2,22,27)(H,25,26)/t13-,14-. The van der Waals surface area contributed by atoms with E-state index >= 15 is 0 Å². The van der Waals surface area contributed by atoms with Gasteiger partial charge in [0.25, 0.3) is 5.91 Å². The number of hydrogen-bond acceptors (Lipinski definition) is 6. The van der Waals surface area contributed by atoms with Gasteiger partial charge in [-0.2, -0.15) is 0 Å². The third-order valence-corrected chi connectivity index (χ3v) is 4.85. The number of rotatable bonds is 5. The fraction of sp³-hybridized carbons (Fsp3) is 0.300. The van der Waals surface area contributed by atoms with Gasteiger partial charge in [0.1, 0.15) is 23.3 Å². The monoisotopic (exact) mass is 381 g/mol. The largest absolute Gasteiger partial charge is 0.474 e. The summed E-state index contributed by atoms with van der Waals surface area (Å²) < 4.78 is 19.2. The molecule has 2 heterocycles. The van der Waals surface area contributed by atoms with Gasteiger partial charge in [-0.3, -0.25) is 9.78 Å². The van der Waals surface area contributed by atoms with Gasteiger partial charge < -0.3 is 15.8 Å². The van der Waals surface area contributed by atoms with Crippen LogP contribution in [0.25, 0.3) is 11.0 Å². The minimum Gasteiger partial charge on any atom is -0.474 e. The van der Waals surface area contributed by atoms with Crippen molar-refractivity contribution in [1.29, 1.82) is 0 Å². The molecule has 0 saturated heterocycles. The molecular formula is C20H20FN5O2. The first-order chi connectivity index (χ1) is 13.6. The number of fused-ring (bicyclic) bond motifs is 1. The summed E-state index contributed by atoms with van der Waals surface area (Å²) >= 11 is 0. The summed E-state index contributed by atoms with van der Waals surface area (Å²) in [6.45, 7) is 0. The first-order valence-corrected chi connectivity index (χ1v) is 9.19. The van der Waals surface area contributed by atoms with Gasteiger partial charge in [-0.25, -0.2) is 14.4 Å². The quantitative estimate of drug-likeness (QED) is 0.704. The zero-order valence-corrected chi connectivity index (χ0v) is 15.1. The van der Waals surface area contributed by atoms with Crippen molar-refractivity contribution in [1.82, 2.24) is 15.0 Å². The highest BCUT2D eigenvalue weighted by Gasteiger charge is 2.24. The number of pyridine rings is 1. The maximum absolute atomic E-state index is 13.2. The Morgan fingerprint density at radius 3 is 2.75 bits per heavy atom. The van der Waals surface area contributed by atoms with E-state index in [9.17, 15) is 9.18 Å². The number of nitrogens with one attached hydrogen (secondary N) is 1. The number of amides is 1. The molecule has 1 aliphatic carbocycles. The molecule has 0 aliphatic heterocycles. The lowest BCUT2D eigenvalue weighted by Gasteiger charge is -2.29. The molecule has 1 saturated carbocycles. The molecule has 0 atom stereocenters. The lowest BCUT2D eigenvalue weighted by atomic mass is 9.93. The Labute approximate surface area is 161 Å². The van der Waals surface area contributed by atoms with Gasteiger partial charge in [0.15, 0.2) is 0 Å². The first kappa shape index (κ1) is 18.1. The zero-order chi connectivity index (χ0) is 19.5. The predicted molar refractivity (Wildman–Crippen MR) is 103 cm³/mol. The minimum absolute atomic E-state index is 0.0169. The van der Waals surface area contributed by atoms with Crippen molar-refractivity contribution < 1.29 is 13.9 Å². The van der Waals surface area contributed by atoms with Gasteiger partial charge in [0.2, 0.25) is 5.88 Å². The normalized spacial score (nSPS) is 19.3. The van der Waals surface area contributed by atoms with Crippen LogP contribution >= 0.6 is 0 Å². The van der Waals surface area contributed by atoms with Crippen LogP contribution in [0, 0.1) is 5.82 Å². The van der Waals surface area contributed by atoms with Gasteiger partial charge >= 0.3 is 0 Å². The Bertz CT molecular complexity index is 1000. The number of nitrogens with zero attached hydrogens (tertiary/aromatic N) is 3. The highest BCUT2D eigenvalue weighted by molar-refractivity contribution is 5.94. The molecule has 0 spiro atoms. The molecular weight excluding hydrogens is 361 g/mol. The van der Waals surface area contributed by atoms with Crippen molar-refractivity contribution in [2.45, 2.75) is 37.8 Å². The van der Waals surface area contributed by atoms with Gasteiger partial charge in [0, 0.05) is 18.3 Å². The predicted octanol–water partition coefficient (Wildman–Crippen LogP) is 3.06. The van der Waals surface area contributed by atoms with Gasteiger partial charge in [-0.1, -0.05) is 0 Å². The number of nitrogens with two attached hydrogens (primary N) is 1. The topological polar surface area (TPSA) is 103 Å². The SMILES string of the molecule is NC(=O)c1cccnc1O[C@H]1CC[C@H](Nc2cnc3cc(F)ccc3n2)CC1. The maximum Gasteiger partial charge on any atom is 0.254 e. The summed E-state index contributed by atoms with van der Waals surface area (Å²) in [6.07, 6.45) is 6.59. The molecule has 2 aromatic heterocycles. The van der Waals surface area contributed by atoms with Crippen LogP contribution in [0.3, 0.4) is 0 Å². The Kier molecular flexibility index (Phi) is 5.01. The van der Waals surface area contributed by atoms with E-state index < -0.39 is 5.91 Å². The van der Waals surface area contributed by atoms with E-state index in [-0.39, 0.29) is 18.0 Å². The Morgan fingerprint density at radius 2 is 1.96 bits per heavy atom. The number of aromatic nitrogens is 3. The van der Waals surface area contributed by atoms with Crippen molar-refractivity contribution >= 4 is 22.8 Å². The average molecular weight is 381 g/mol. The van der Waals surface area contributed by atoms with Crippen LogP contribution in [0.4, 0.5) is 10.2 Å². The van der Waals surface area contributed by atoms with Crippen LogP contribution in [-0.4, -0.2) is 33.0 Å². The molecule has 7 nitrogen and oxygen atoms in total. The third kappa shape index (κ3) is 4.00. The number of primary amides is 1. The molecule has 0 bridgehead atoms. The van der Waals surface area contributed by atoms with Crippen molar-refractivity contribution in [2.24, 2.45) is 5.73 Å². The summed E-state index contributed by atoms with van der Waals surface area (Å²) in [5.41, 5.74) is 6.85. The van der Waals surface area contributed by atoms with E-state index in [0.29, 0.717) is 28.3 Å². The lowest BCUT2D eigenvalue weighted by molar-refractivity contribution is 0.0983. The molecule has 3 aromatic rings. The average Bonchev–Trinajstić information content (AvgIpc) is 2.70. The fourth-order valence-electron chi connectivity index (χ4n) is 3.42. The lowest BCUT2D eigenvalue weighted by Crippen LogP contribution is -2.32. The summed E-state index contributed by atoms with van der Waals surface area (Å²) in [4.78, 5) is 24.4. The highest BCUT2D eigenvalue weighted by Crippen LogP contribution is 2.26. The van der Waals surface area contributed by atoms with E-state index in [0.717, 1.165) is 25.7 Å². The molecule has 1 fully saturated rings. The number of hydrogen-bond donors (Lipinski definition) is 2. The Morgan fingerprint density at radius 1 is 1.14 bits per heavy atom. The molecule has 8 heteroatoms. The smallest absolute Gasteiger partial charge is 0.254 e. The molecule has 4 rings (SSSR count). The molecule has 144 valence electrons. The Balaban J connectivity index is 1.36. The highest BCUT2D eigenvalue weighted by atomic mass is 19.1. The zero-order valence-electron chi connectivity index (χ0n) is 15.1. The van der Waals surface area contributed by atoms with Crippen LogP contribution in [0.2, 0.25) is 0 Å². The van der Waals surface area contributed by atoms with Crippen LogP contribution in [0.1, 0.15) is 36.0 Å². The molecule has 3 N–H and O–H groups in total. The van der Waals surface area contributed by atoms with Crippen molar-refractivity contribution in [3.8, 4) is 5.88 Å². The van der Waals surface area contributed by atoms with Crippen LogP contribution in [-0.2, 0) is 0 Å². The number of carbonyl (C=O) groups excluding carboxylic acids is 1. The van der Waals surface area contributed by atoms with Crippen molar-refractivity contribution in [3.63, 3.8) is 0 Å². The maximum atomic E-state index is 13.2. The second kappa shape index (κ2) is 7.75. The minimum atomic E-state index is -0.548. The molecule has 1 aromatic carbocycles. The van der Waals surface area contributed by atoms with E-state index in [1.165, 1.54) is 12.1 Å². The van der Waals surface area contributed by atoms with E-state index in [1.807, 2.05) is 0 Å². The van der Waals surface area contributed by atoms with Crippen molar-refractivity contribution in [3.05, 3.63) is 54.1 Å². The number of halogens is 1. The van der Waals surface area contributed by atoms with E-state index in [2.05, 4.69) is 20.3 Å². The number of carbonyl (C=O) groups is 1. The molecule has 28 heavy (non-hydrogen) atoms. The van der Waals surface area contributed by atoms with Crippen LogP contribution in [0.5, 0.6) is 5.88 Å². The van der Waals surface area contributed by atoms with E-state index in [4.69, 9.17) is 10.5 Å². The number of ether oxygens (including phenoxy) is 1. The fourth-order valence-corrected chi connectivity index (χ4v) is 3.42. The van der Waals surface area contributed by atoms with E-state index in [1.54, 1.807) is 30.6 Å². The molecule has 1 aliphatic rings. The van der Waals surface area contributed by atoms with Crippen LogP contribution in [0.15, 0.2) is 42.7 Å². The second-order valence-corrected chi connectivity index (χ2v) is 6.84. The summed E-state index contributed by atoms with van der Waals surface area (Å²) in [7, 11) is 0. The van der Waals surface area contributed by atoms with Gasteiger partial charge in [-0.15, -0.1) is 0 Å². The molecule has 0 radical (unpaired) electrons. The first-order valence-electron chi connectivity index (χ1n) is 9.19. The summed E-state index contributed by atoms with van der Waals surface area (Å²) in [5, 5.41) is 3.39. The Hall–Kier alpha value is -3.29. The van der Waals surface area contributed by atoms with Gasteiger partial charge in [0.05, 0.1) is 17.2 Å². The van der Waals surface area contributed by atoms with Crippen molar-refractivity contribution in [2.75, 3.05) is 5.32 Å². The molecule has 0 unspecified atom stereocenters. The van der Waals surface area contributed by atoms with Crippen LogP contribution < -0.4 is 15.8 Å². The number of benzene rings is 1. The molecule has 1 amide bonds. The second-order valence-electron chi connectivity index (χ2n) is 6.84. The number of anilines is 1. The summed E-state index contributed by atoms with van der Waals surface area (Å²) in [6, 6.07) is 7.88. The summed E-state index contributed by atoms with van der Waals surface area (Å²) in [5.74, 6) is 0.0877.